The number of nitrogens with zero attached hydrogens (tertiary/aromatic N) is 4. The summed E-state index contributed by atoms with van der Waals surface area (Å²) in [6, 6.07) is 5.35. The lowest BCUT2D eigenvalue weighted by atomic mass is 10.3. The second-order valence-electron chi connectivity index (χ2n) is 6.89. The van der Waals surface area contributed by atoms with E-state index in [2.05, 4.69) is 29.7 Å². The maximum absolute atomic E-state index is 12.3. The number of alkyl halides is 3. The number of carbonyl (C=O) groups excluding carboxylic acids is 1. The largest absolute Gasteiger partial charge is 0.573 e. The molecule has 1 aliphatic heterocycles. The Hall–Kier alpha value is -2.47. The number of aromatic nitrogens is 3. The highest BCUT2D eigenvalue weighted by atomic mass is 32.2. The first-order valence-electron chi connectivity index (χ1n) is 9.45. The van der Waals surface area contributed by atoms with Crippen LogP contribution in [0, 0.1) is 0 Å². The summed E-state index contributed by atoms with van der Waals surface area (Å²) in [5.74, 6) is 0.282. The van der Waals surface area contributed by atoms with E-state index in [4.69, 9.17) is 4.74 Å². The van der Waals surface area contributed by atoms with Crippen LogP contribution in [-0.4, -0.2) is 59.1 Å². The van der Waals surface area contributed by atoms with Gasteiger partial charge in [-0.1, -0.05) is 11.8 Å². The summed E-state index contributed by atoms with van der Waals surface area (Å²) in [4.78, 5) is 14.4. The maximum atomic E-state index is 12.3. The Morgan fingerprint density at radius 1 is 1.20 bits per heavy atom. The van der Waals surface area contributed by atoms with Crippen LogP contribution in [-0.2, 0) is 9.53 Å². The first kappa shape index (κ1) is 20.8. The predicted octanol–water partition coefficient (Wildman–Crippen LogP) is 3.08. The van der Waals surface area contributed by atoms with Gasteiger partial charge in [0.25, 0.3) is 0 Å². The van der Waals surface area contributed by atoms with Gasteiger partial charge in [-0.25, -0.2) is 0 Å². The Balaban J connectivity index is 1.34. The van der Waals surface area contributed by atoms with E-state index in [0.717, 1.165) is 44.0 Å². The average molecular weight is 443 g/mol. The number of amides is 1. The minimum absolute atomic E-state index is 0.106. The highest BCUT2D eigenvalue weighted by molar-refractivity contribution is 7.99. The molecule has 1 aliphatic carbocycles. The van der Waals surface area contributed by atoms with Gasteiger partial charge in [0, 0.05) is 24.8 Å². The molecule has 30 heavy (non-hydrogen) atoms. The Kier molecular flexibility index (Phi) is 6.04. The van der Waals surface area contributed by atoms with Crippen molar-refractivity contribution in [2.24, 2.45) is 0 Å². The number of anilines is 2. The summed E-state index contributed by atoms with van der Waals surface area (Å²) in [5.41, 5.74) is 0.382. The number of thioether (sulfide) groups is 1. The fourth-order valence-corrected chi connectivity index (χ4v) is 3.87. The summed E-state index contributed by atoms with van der Waals surface area (Å²) in [5, 5.41) is 11.9. The number of rotatable bonds is 7. The monoisotopic (exact) mass is 443 g/mol. The van der Waals surface area contributed by atoms with Crippen molar-refractivity contribution in [2.75, 3.05) is 42.3 Å². The molecule has 1 aromatic carbocycles. The van der Waals surface area contributed by atoms with Gasteiger partial charge in [-0.15, -0.1) is 23.4 Å². The van der Waals surface area contributed by atoms with Gasteiger partial charge in [0.05, 0.1) is 19.0 Å². The molecule has 2 aromatic rings. The first-order valence-corrected chi connectivity index (χ1v) is 10.4. The number of ether oxygens (including phenoxy) is 2. The van der Waals surface area contributed by atoms with Gasteiger partial charge < -0.3 is 19.7 Å². The van der Waals surface area contributed by atoms with Crippen LogP contribution in [0.25, 0.3) is 0 Å². The molecule has 0 atom stereocenters. The van der Waals surface area contributed by atoms with E-state index in [9.17, 15) is 18.0 Å². The van der Waals surface area contributed by atoms with E-state index in [-0.39, 0.29) is 17.4 Å². The van der Waals surface area contributed by atoms with Crippen LogP contribution < -0.4 is 15.0 Å². The van der Waals surface area contributed by atoms with E-state index in [1.807, 2.05) is 0 Å². The molecule has 162 valence electrons. The van der Waals surface area contributed by atoms with E-state index in [1.54, 1.807) is 0 Å². The number of carbonyl (C=O) groups is 1. The van der Waals surface area contributed by atoms with Crippen molar-refractivity contribution in [1.82, 2.24) is 14.8 Å². The molecule has 1 aromatic heterocycles. The normalized spacial score (nSPS) is 17.1. The van der Waals surface area contributed by atoms with Crippen LogP contribution in [0.1, 0.15) is 18.9 Å². The summed E-state index contributed by atoms with van der Waals surface area (Å²) in [6.07, 6.45) is -2.64. The quantitative estimate of drug-likeness (QED) is 0.659. The molecule has 1 amide bonds. The Bertz CT molecular complexity index is 880. The first-order chi connectivity index (χ1) is 14.4. The van der Waals surface area contributed by atoms with Gasteiger partial charge >= 0.3 is 6.36 Å². The molecule has 1 saturated heterocycles. The van der Waals surface area contributed by atoms with Gasteiger partial charge in [-0.05, 0) is 37.1 Å². The van der Waals surface area contributed by atoms with Crippen LogP contribution in [0.15, 0.2) is 29.4 Å². The van der Waals surface area contributed by atoms with E-state index >= 15 is 0 Å². The zero-order valence-electron chi connectivity index (χ0n) is 15.9. The zero-order valence-corrected chi connectivity index (χ0v) is 16.7. The van der Waals surface area contributed by atoms with Gasteiger partial charge in [-0.2, -0.15) is 0 Å². The SMILES string of the molecule is O=C(CSc1nnc(N2CCOCC2)n1C1CC1)Nc1ccc(OC(F)(F)F)cc1. The van der Waals surface area contributed by atoms with Gasteiger partial charge in [0.1, 0.15) is 5.75 Å². The smallest absolute Gasteiger partial charge is 0.406 e. The van der Waals surface area contributed by atoms with Crippen molar-refractivity contribution >= 4 is 29.3 Å². The average Bonchev–Trinajstić information content (AvgIpc) is 3.46. The molecule has 8 nitrogen and oxygen atoms in total. The molecule has 12 heteroatoms. The molecule has 2 aliphatic rings. The van der Waals surface area contributed by atoms with Crippen LogP contribution in [0.2, 0.25) is 0 Å². The van der Waals surface area contributed by atoms with Gasteiger partial charge in [-0.3, -0.25) is 9.36 Å². The summed E-state index contributed by atoms with van der Waals surface area (Å²) < 4.78 is 47.9. The topological polar surface area (TPSA) is 81.5 Å². The number of hydrogen-bond acceptors (Lipinski definition) is 7. The fraction of sp³-hybridized carbons (Fsp3) is 0.500. The van der Waals surface area contributed by atoms with Crippen LogP contribution in [0.3, 0.4) is 0 Å². The van der Waals surface area contributed by atoms with Gasteiger partial charge in [0.2, 0.25) is 11.9 Å². The third-order valence-electron chi connectivity index (χ3n) is 4.56. The second kappa shape index (κ2) is 8.72. The molecule has 2 fully saturated rings. The van der Waals surface area contributed by atoms with Crippen molar-refractivity contribution in [3.05, 3.63) is 24.3 Å². The molecule has 0 radical (unpaired) electrons. The molecule has 0 bridgehead atoms. The van der Waals surface area contributed by atoms with Crippen LogP contribution in [0.4, 0.5) is 24.8 Å². The third-order valence-corrected chi connectivity index (χ3v) is 5.50. The maximum Gasteiger partial charge on any atom is 0.573 e. The third kappa shape index (κ3) is 5.36. The molecule has 2 heterocycles. The summed E-state index contributed by atoms with van der Waals surface area (Å²) in [7, 11) is 0. The minimum atomic E-state index is -4.75. The molecule has 1 saturated carbocycles. The minimum Gasteiger partial charge on any atom is -0.406 e. The lowest BCUT2D eigenvalue weighted by molar-refractivity contribution is -0.274. The number of benzene rings is 1. The predicted molar refractivity (Wildman–Crippen MR) is 104 cm³/mol. The van der Waals surface area contributed by atoms with Crippen molar-refractivity contribution in [2.45, 2.75) is 30.4 Å². The zero-order chi connectivity index (χ0) is 21.1. The highest BCUT2D eigenvalue weighted by Gasteiger charge is 2.32. The van der Waals surface area contributed by atoms with Gasteiger partial charge in [0.15, 0.2) is 5.16 Å². The lowest BCUT2D eigenvalue weighted by Gasteiger charge is -2.27. The fourth-order valence-electron chi connectivity index (χ4n) is 3.07. The standard InChI is InChI=1S/C18H20F3N5O3S/c19-18(20,21)29-14-5-1-12(2-6-14)22-15(27)11-30-17-24-23-16(26(17)13-3-4-13)25-7-9-28-10-8-25/h1-2,5-6,13H,3-4,7-11H2,(H,22,27). The van der Waals surface area contributed by atoms with Crippen LogP contribution in [0.5, 0.6) is 5.75 Å². The highest BCUT2D eigenvalue weighted by Crippen LogP contribution is 2.41. The number of hydrogen-bond donors (Lipinski definition) is 1. The Morgan fingerprint density at radius 2 is 1.90 bits per heavy atom. The van der Waals surface area contributed by atoms with Crippen LogP contribution >= 0.6 is 11.8 Å². The van der Waals surface area contributed by atoms with E-state index < -0.39 is 6.36 Å². The molecular formula is C18H20F3N5O3S. The Labute approximate surface area is 174 Å². The molecular weight excluding hydrogens is 423 g/mol. The second-order valence-corrected chi connectivity index (χ2v) is 7.83. The summed E-state index contributed by atoms with van der Waals surface area (Å²) in [6.45, 7) is 2.80. The summed E-state index contributed by atoms with van der Waals surface area (Å²) >= 11 is 1.28. The lowest BCUT2D eigenvalue weighted by Crippen LogP contribution is -2.38. The molecule has 0 spiro atoms. The Morgan fingerprint density at radius 3 is 2.53 bits per heavy atom. The number of morpholine rings is 1. The van der Waals surface area contributed by atoms with E-state index in [0.29, 0.717) is 30.1 Å². The van der Waals surface area contributed by atoms with Crippen molar-refractivity contribution in [3.63, 3.8) is 0 Å². The molecule has 1 N–H and O–H groups in total. The number of halogens is 3. The molecule has 4 rings (SSSR count). The number of nitrogens with one attached hydrogen (secondary N) is 1. The van der Waals surface area contributed by atoms with E-state index in [1.165, 1.54) is 23.9 Å². The van der Waals surface area contributed by atoms with Crippen molar-refractivity contribution < 1.29 is 27.4 Å². The molecule has 0 unspecified atom stereocenters. The van der Waals surface area contributed by atoms with Crippen molar-refractivity contribution in [3.8, 4) is 5.75 Å². The van der Waals surface area contributed by atoms with Crippen molar-refractivity contribution in [1.29, 1.82) is 0 Å².